The van der Waals surface area contributed by atoms with Gasteiger partial charge in [-0.1, -0.05) is 19.8 Å². The fourth-order valence-corrected chi connectivity index (χ4v) is 5.14. The lowest BCUT2D eigenvalue weighted by atomic mass is 10.0. The van der Waals surface area contributed by atoms with E-state index in [4.69, 9.17) is 4.74 Å². The Balaban J connectivity index is 2.02. The fourth-order valence-electron chi connectivity index (χ4n) is 3.40. The Kier molecular flexibility index (Phi) is 8.07. The number of benzene rings is 2. The van der Waals surface area contributed by atoms with Gasteiger partial charge in [0.1, 0.15) is 17.9 Å². The van der Waals surface area contributed by atoms with Gasteiger partial charge in [-0.25, -0.2) is 4.39 Å². The molecule has 1 atom stereocenters. The number of hydrogen-bond acceptors (Lipinski definition) is 5. The van der Waals surface area contributed by atoms with Crippen molar-refractivity contribution in [1.29, 1.82) is 0 Å². The molecule has 2 aromatic carbocycles. The molecule has 0 fully saturated rings. The van der Waals surface area contributed by atoms with Crippen molar-refractivity contribution in [3.63, 3.8) is 0 Å². The van der Waals surface area contributed by atoms with Crippen molar-refractivity contribution >= 4 is 41.2 Å². The number of anilines is 2. The third kappa shape index (κ3) is 5.58. The van der Waals surface area contributed by atoms with E-state index in [1.807, 2.05) is 30.2 Å². The Morgan fingerprint density at radius 2 is 2.10 bits per heavy atom. The van der Waals surface area contributed by atoms with Crippen molar-refractivity contribution < 1.29 is 13.9 Å². The molecule has 0 bridgehead atoms. The Morgan fingerprint density at radius 1 is 1.31 bits per heavy atom. The van der Waals surface area contributed by atoms with Crippen LogP contribution in [-0.4, -0.2) is 24.8 Å². The lowest BCUT2D eigenvalue weighted by Crippen LogP contribution is -2.25. The molecular weight excluding hydrogens is 405 g/mol. The van der Waals surface area contributed by atoms with E-state index in [0.29, 0.717) is 12.2 Å². The molecule has 0 amide bonds. The Morgan fingerprint density at radius 3 is 2.79 bits per heavy atom. The molecule has 3 rings (SSSR count). The van der Waals surface area contributed by atoms with E-state index < -0.39 is 0 Å². The van der Waals surface area contributed by atoms with Crippen molar-refractivity contribution in [3.8, 4) is 5.75 Å². The van der Waals surface area contributed by atoms with E-state index in [-0.39, 0.29) is 5.82 Å². The number of ether oxygens (including phenoxy) is 1. The summed E-state index contributed by atoms with van der Waals surface area (Å²) in [7, 11) is 0. The lowest BCUT2D eigenvalue weighted by Gasteiger charge is -2.28. The Labute approximate surface area is 180 Å². The van der Waals surface area contributed by atoms with Crippen molar-refractivity contribution in [2.24, 2.45) is 5.92 Å². The van der Waals surface area contributed by atoms with E-state index in [0.717, 1.165) is 39.2 Å². The number of allylic oxidation sites excluding steroid dienone is 1. The number of nitrogens with zero attached hydrogens (tertiary/aromatic N) is 1. The van der Waals surface area contributed by atoms with Gasteiger partial charge in [0, 0.05) is 29.0 Å². The second-order valence-corrected chi connectivity index (χ2v) is 8.87. The molecule has 0 N–H and O–H groups in total. The van der Waals surface area contributed by atoms with Gasteiger partial charge in [0.2, 0.25) is 0 Å². The molecule has 3 nitrogen and oxygen atoms in total. The van der Waals surface area contributed by atoms with Crippen LogP contribution in [0, 0.1) is 11.7 Å². The zero-order valence-corrected chi connectivity index (χ0v) is 18.4. The van der Waals surface area contributed by atoms with E-state index >= 15 is 0 Å². The normalized spacial score (nSPS) is 16.5. The number of rotatable bonds is 8. The molecule has 29 heavy (non-hydrogen) atoms. The van der Waals surface area contributed by atoms with Gasteiger partial charge < -0.3 is 9.64 Å². The highest BCUT2D eigenvalue weighted by molar-refractivity contribution is 7.99. The van der Waals surface area contributed by atoms with Crippen molar-refractivity contribution in [2.45, 2.75) is 36.0 Å². The highest BCUT2D eigenvalue weighted by atomic mass is 32.2. The van der Waals surface area contributed by atoms with E-state index in [9.17, 15) is 9.18 Å². The maximum absolute atomic E-state index is 13.5. The fraction of sp³-hybridized carbons (Fsp3) is 0.348. The van der Waals surface area contributed by atoms with Crippen LogP contribution < -0.4 is 9.64 Å². The summed E-state index contributed by atoms with van der Waals surface area (Å²) < 4.78 is 19.2. The molecule has 0 radical (unpaired) electrons. The molecular formula is C23H26FNO2S2. The molecule has 0 spiro atoms. The number of carbonyl (C=O) groups is 1. The molecule has 1 aliphatic heterocycles. The van der Waals surface area contributed by atoms with Crippen molar-refractivity contribution in [1.82, 2.24) is 0 Å². The molecule has 154 valence electrons. The van der Waals surface area contributed by atoms with Gasteiger partial charge in [-0.05, 0) is 55.0 Å². The number of aldehydes is 1. The molecule has 1 heterocycles. The average Bonchev–Trinajstić information content (AvgIpc) is 2.91. The third-order valence-electron chi connectivity index (χ3n) is 4.91. The number of fused-ring (bicyclic) bond motifs is 1. The summed E-state index contributed by atoms with van der Waals surface area (Å²) in [6.45, 7) is 3.13. The van der Waals surface area contributed by atoms with Gasteiger partial charge in [-0.3, -0.25) is 4.79 Å². The second kappa shape index (κ2) is 10.7. The van der Waals surface area contributed by atoms with Crippen LogP contribution in [-0.2, 0) is 4.79 Å². The SMILES string of the molecule is CCCCC1CSc2cc(O/C=C/C=O)c(SC)cc2N(c2ccc(F)cc2)C1. The minimum Gasteiger partial charge on any atom is -0.464 e. The standard InChI is InChI=1S/C23H26FNO2S2/c1-3-4-6-17-15-25(19-9-7-18(24)8-10-19)20-13-23(28-2)21(27-12-5-11-26)14-22(20)29-16-17/h5,7-14,17H,3-4,6,15-16H2,1-2H3/b12-5+. The molecule has 1 aliphatic rings. The van der Waals surface area contributed by atoms with E-state index in [1.54, 1.807) is 11.8 Å². The summed E-state index contributed by atoms with van der Waals surface area (Å²) in [5, 5.41) is 0. The first kappa shape index (κ1) is 21.8. The van der Waals surface area contributed by atoms with Gasteiger partial charge >= 0.3 is 0 Å². The summed E-state index contributed by atoms with van der Waals surface area (Å²) in [6, 6.07) is 10.9. The molecule has 2 aromatic rings. The summed E-state index contributed by atoms with van der Waals surface area (Å²) in [5.41, 5.74) is 2.12. The maximum atomic E-state index is 13.5. The van der Waals surface area contributed by atoms with Crippen LogP contribution >= 0.6 is 23.5 Å². The molecule has 0 aliphatic carbocycles. The predicted molar refractivity (Wildman–Crippen MR) is 121 cm³/mol. The van der Waals surface area contributed by atoms with Crippen LogP contribution in [0.15, 0.2) is 58.5 Å². The number of halogens is 1. The van der Waals surface area contributed by atoms with Gasteiger partial charge in [0.05, 0.1) is 16.8 Å². The summed E-state index contributed by atoms with van der Waals surface area (Å²) >= 11 is 3.45. The minimum absolute atomic E-state index is 0.226. The monoisotopic (exact) mass is 431 g/mol. The number of thioether (sulfide) groups is 2. The summed E-state index contributed by atoms with van der Waals surface area (Å²) in [4.78, 5) is 15.0. The quantitative estimate of drug-likeness (QED) is 0.201. The van der Waals surface area contributed by atoms with E-state index in [1.165, 1.54) is 43.7 Å². The molecule has 0 aromatic heterocycles. The average molecular weight is 432 g/mol. The van der Waals surface area contributed by atoms with E-state index in [2.05, 4.69) is 24.0 Å². The molecule has 1 unspecified atom stereocenters. The smallest absolute Gasteiger partial charge is 0.145 e. The van der Waals surface area contributed by atoms with Crippen LogP contribution in [0.4, 0.5) is 15.8 Å². The van der Waals surface area contributed by atoms with Crippen molar-refractivity contribution in [2.75, 3.05) is 23.5 Å². The summed E-state index contributed by atoms with van der Waals surface area (Å²) in [5.74, 6) is 2.10. The summed E-state index contributed by atoms with van der Waals surface area (Å²) in [6.07, 6.45) is 9.03. The van der Waals surface area contributed by atoms with Crippen LogP contribution in [0.25, 0.3) is 0 Å². The predicted octanol–water partition coefficient (Wildman–Crippen LogP) is 6.69. The molecule has 0 saturated heterocycles. The van der Waals surface area contributed by atoms with Crippen LogP contribution in [0.5, 0.6) is 5.75 Å². The highest BCUT2D eigenvalue weighted by Gasteiger charge is 2.25. The first-order valence-electron chi connectivity index (χ1n) is 9.81. The van der Waals surface area contributed by atoms with Crippen LogP contribution in [0.2, 0.25) is 0 Å². The topological polar surface area (TPSA) is 29.5 Å². The Bertz CT molecular complexity index is 855. The zero-order valence-electron chi connectivity index (χ0n) is 16.8. The molecule has 0 saturated carbocycles. The lowest BCUT2D eigenvalue weighted by molar-refractivity contribution is -0.104. The van der Waals surface area contributed by atoms with Crippen LogP contribution in [0.3, 0.4) is 0 Å². The van der Waals surface area contributed by atoms with Crippen molar-refractivity contribution in [3.05, 3.63) is 54.6 Å². The van der Waals surface area contributed by atoms with Crippen LogP contribution in [0.1, 0.15) is 26.2 Å². The minimum atomic E-state index is -0.226. The number of unbranched alkanes of at least 4 members (excludes halogenated alkanes) is 1. The molecule has 6 heteroatoms. The van der Waals surface area contributed by atoms with Gasteiger partial charge in [-0.15, -0.1) is 23.5 Å². The Hall–Kier alpha value is -1.92. The second-order valence-electron chi connectivity index (χ2n) is 6.96. The zero-order chi connectivity index (χ0) is 20.6. The van der Waals surface area contributed by atoms with Gasteiger partial charge in [0.15, 0.2) is 0 Å². The first-order valence-corrected chi connectivity index (χ1v) is 12.0. The van der Waals surface area contributed by atoms with Gasteiger partial charge in [0.25, 0.3) is 0 Å². The number of carbonyl (C=O) groups excluding carboxylic acids is 1. The first-order chi connectivity index (χ1) is 14.2. The van der Waals surface area contributed by atoms with Gasteiger partial charge in [-0.2, -0.15) is 0 Å². The third-order valence-corrected chi connectivity index (χ3v) is 6.94. The highest BCUT2D eigenvalue weighted by Crippen LogP contribution is 2.45. The maximum Gasteiger partial charge on any atom is 0.145 e. The number of hydrogen-bond donors (Lipinski definition) is 0. The largest absolute Gasteiger partial charge is 0.464 e.